The molecule has 0 radical (unpaired) electrons. The standard InChI is InChI=1S/C25H27NO6/c1-28-21-14-20(15-22(29-2)23(21)30-3)26-24(27)25(31-16-18-10-6-4-7-11-18)32-17-19-12-8-5-9-13-19/h4-15,25H,16-17H2,1-3H3,(H,26,27). The Balaban J connectivity index is 1.76. The molecule has 3 rings (SSSR count). The lowest BCUT2D eigenvalue weighted by molar-refractivity contribution is -0.174. The van der Waals surface area contributed by atoms with Crippen molar-refractivity contribution in [2.45, 2.75) is 19.5 Å². The first-order valence-electron chi connectivity index (χ1n) is 10.1. The van der Waals surface area contributed by atoms with Crippen LogP contribution >= 0.6 is 0 Å². The topological polar surface area (TPSA) is 75.3 Å². The molecule has 0 aliphatic rings. The Bertz CT molecular complexity index is 925. The molecule has 0 heterocycles. The summed E-state index contributed by atoms with van der Waals surface area (Å²) in [7, 11) is 4.54. The Labute approximate surface area is 187 Å². The summed E-state index contributed by atoms with van der Waals surface area (Å²) < 4.78 is 27.7. The number of hydrogen-bond donors (Lipinski definition) is 1. The molecule has 0 bridgehead atoms. The Morgan fingerprint density at radius 2 is 1.22 bits per heavy atom. The number of amides is 1. The highest BCUT2D eigenvalue weighted by atomic mass is 16.7. The molecular formula is C25H27NO6. The van der Waals surface area contributed by atoms with Crippen molar-refractivity contribution >= 4 is 11.6 Å². The minimum Gasteiger partial charge on any atom is -0.493 e. The van der Waals surface area contributed by atoms with Crippen LogP contribution in [0.25, 0.3) is 0 Å². The fourth-order valence-electron chi connectivity index (χ4n) is 3.05. The number of anilines is 1. The molecule has 0 saturated carbocycles. The molecular weight excluding hydrogens is 410 g/mol. The molecule has 0 aromatic heterocycles. The predicted octanol–water partition coefficient (Wildman–Crippen LogP) is 4.41. The quantitative estimate of drug-likeness (QED) is 0.448. The minimum absolute atomic E-state index is 0.225. The van der Waals surface area contributed by atoms with Gasteiger partial charge in [-0.05, 0) is 11.1 Å². The van der Waals surface area contributed by atoms with E-state index < -0.39 is 12.2 Å². The second kappa shape index (κ2) is 11.7. The Morgan fingerprint density at radius 3 is 1.62 bits per heavy atom. The number of ether oxygens (including phenoxy) is 5. The van der Waals surface area contributed by atoms with Crippen molar-refractivity contribution in [1.82, 2.24) is 0 Å². The van der Waals surface area contributed by atoms with Crippen molar-refractivity contribution in [1.29, 1.82) is 0 Å². The first kappa shape index (κ1) is 23.1. The average molecular weight is 437 g/mol. The molecule has 0 aliphatic heterocycles. The number of nitrogens with one attached hydrogen (secondary N) is 1. The zero-order chi connectivity index (χ0) is 22.8. The van der Waals surface area contributed by atoms with E-state index in [1.165, 1.54) is 21.3 Å². The van der Waals surface area contributed by atoms with Crippen LogP contribution in [0.5, 0.6) is 17.2 Å². The van der Waals surface area contributed by atoms with E-state index in [0.717, 1.165) is 11.1 Å². The normalized spacial score (nSPS) is 10.6. The van der Waals surface area contributed by atoms with Gasteiger partial charge in [0.15, 0.2) is 11.5 Å². The molecule has 0 unspecified atom stereocenters. The molecule has 168 valence electrons. The lowest BCUT2D eigenvalue weighted by Gasteiger charge is -2.20. The van der Waals surface area contributed by atoms with Gasteiger partial charge in [-0.25, -0.2) is 0 Å². The van der Waals surface area contributed by atoms with Crippen molar-refractivity contribution in [3.63, 3.8) is 0 Å². The number of carbonyl (C=O) groups excluding carboxylic acids is 1. The summed E-state index contributed by atoms with van der Waals surface area (Å²) >= 11 is 0. The zero-order valence-electron chi connectivity index (χ0n) is 18.4. The first-order chi connectivity index (χ1) is 15.6. The van der Waals surface area contributed by atoms with Gasteiger partial charge >= 0.3 is 0 Å². The second-order valence-corrected chi connectivity index (χ2v) is 6.83. The van der Waals surface area contributed by atoms with Crippen LogP contribution in [0.4, 0.5) is 5.69 Å². The molecule has 32 heavy (non-hydrogen) atoms. The summed E-state index contributed by atoms with van der Waals surface area (Å²) in [6.45, 7) is 0.450. The van der Waals surface area contributed by atoms with Crippen LogP contribution < -0.4 is 19.5 Å². The lowest BCUT2D eigenvalue weighted by atomic mass is 10.2. The smallest absolute Gasteiger partial charge is 0.281 e. The highest BCUT2D eigenvalue weighted by Gasteiger charge is 2.22. The molecule has 0 fully saturated rings. The zero-order valence-corrected chi connectivity index (χ0v) is 18.4. The second-order valence-electron chi connectivity index (χ2n) is 6.83. The van der Waals surface area contributed by atoms with Crippen LogP contribution in [0.2, 0.25) is 0 Å². The molecule has 7 heteroatoms. The van der Waals surface area contributed by atoms with Gasteiger partial charge in [0, 0.05) is 17.8 Å². The van der Waals surface area contributed by atoms with Gasteiger partial charge in [-0.2, -0.15) is 0 Å². The van der Waals surface area contributed by atoms with Crippen molar-refractivity contribution in [2.75, 3.05) is 26.6 Å². The first-order valence-corrected chi connectivity index (χ1v) is 10.1. The molecule has 0 saturated heterocycles. The summed E-state index contributed by atoms with van der Waals surface area (Å²) in [5.41, 5.74) is 2.32. The summed E-state index contributed by atoms with van der Waals surface area (Å²) in [5, 5.41) is 2.81. The highest BCUT2D eigenvalue weighted by molar-refractivity contribution is 5.94. The third-order valence-electron chi connectivity index (χ3n) is 4.63. The van der Waals surface area contributed by atoms with Gasteiger partial charge in [0.25, 0.3) is 5.91 Å². The Kier molecular flexibility index (Phi) is 8.48. The van der Waals surface area contributed by atoms with Gasteiger partial charge in [-0.15, -0.1) is 0 Å². The molecule has 0 aliphatic carbocycles. The maximum absolute atomic E-state index is 13.0. The maximum atomic E-state index is 13.0. The van der Waals surface area contributed by atoms with Gasteiger partial charge in [0.2, 0.25) is 12.0 Å². The molecule has 1 N–H and O–H groups in total. The van der Waals surface area contributed by atoms with Gasteiger partial charge in [-0.1, -0.05) is 60.7 Å². The molecule has 0 spiro atoms. The van der Waals surface area contributed by atoms with E-state index in [0.29, 0.717) is 22.9 Å². The minimum atomic E-state index is -1.13. The lowest BCUT2D eigenvalue weighted by Crippen LogP contribution is -2.33. The number of rotatable bonds is 11. The van der Waals surface area contributed by atoms with E-state index in [-0.39, 0.29) is 13.2 Å². The van der Waals surface area contributed by atoms with Crippen molar-refractivity contribution in [2.24, 2.45) is 0 Å². The summed E-state index contributed by atoms with van der Waals surface area (Å²) in [4.78, 5) is 13.0. The van der Waals surface area contributed by atoms with E-state index in [1.807, 2.05) is 60.7 Å². The number of hydrogen-bond acceptors (Lipinski definition) is 6. The van der Waals surface area contributed by atoms with Crippen LogP contribution in [0.3, 0.4) is 0 Å². The van der Waals surface area contributed by atoms with Crippen LogP contribution in [-0.2, 0) is 27.5 Å². The van der Waals surface area contributed by atoms with Crippen LogP contribution in [0.1, 0.15) is 11.1 Å². The third kappa shape index (κ3) is 6.23. The van der Waals surface area contributed by atoms with Gasteiger partial charge < -0.3 is 29.0 Å². The van der Waals surface area contributed by atoms with E-state index in [9.17, 15) is 4.79 Å². The van der Waals surface area contributed by atoms with Crippen molar-refractivity contribution in [3.8, 4) is 17.2 Å². The molecule has 1 amide bonds. The van der Waals surface area contributed by atoms with Crippen LogP contribution in [0.15, 0.2) is 72.8 Å². The van der Waals surface area contributed by atoms with Gasteiger partial charge in [-0.3, -0.25) is 4.79 Å². The van der Waals surface area contributed by atoms with E-state index in [2.05, 4.69) is 5.32 Å². The Morgan fingerprint density at radius 1 is 0.750 bits per heavy atom. The van der Waals surface area contributed by atoms with E-state index in [4.69, 9.17) is 23.7 Å². The molecule has 0 atom stereocenters. The molecule has 3 aromatic carbocycles. The largest absolute Gasteiger partial charge is 0.493 e. The highest BCUT2D eigenvalue weighted by Crippen LogP contribution is 2.40. The summed E-state index contributed by atoms with van der Waals surface area (Å²) in [6, 6.07) is 22.5. The third-order valence-corrected chi connectivity index (χ3v) is 4.63. The predicted molar refractivity (Wildman–Crippen MR) is 121 cm³/mol. The number of carbonyl (C=O) groups is 1. The summed E-state index contributed by atoms with van der Waals surface area (Å²) in [5.74, 6) is 0.833. The number of benzene rings is 3. The van der Waals surface area contributed by atoms with E-state index in [1.54, 1.807) is 12.1 Å². The SMILES string of the molecule is COc1cc(NC(=O)C(OCc2ccccc2)OCc2ccccc2)cc(OC)c1OC. The summed E-state index contributed by atoms with van der Waals surface area (Å²) in [6.07, 6.45) is -1.13. The monoisotopic (exact) mass is 437 g/mol. The Hall–Kier alpha value is -3.55. The van der Waals surface area contributed by atoms with Gasteiger partial charge in [0.05, 0.1) is 34.5 Å². The fourth-order valence-corrected chi connectivity index (χ4v) is 3.05. The van der Waals surface area contributed by atoms with Crippen molar-refractivity contribution < 1.29 is 28.5 Å². The molecule has 7 nitrogen and oxygen atoms in total. The van der Waals surface area contributed by atoms with Crippen LogP contribution in [-0.4, -0.2) is 33.5 Å². The molecule has 3 aromatic rings. The van der Waals surface area contributed by atoms with Crippen LogP contribution in [0, 0.1) is 0 Å². The maximum Gasteiger partial charge on any atom is 0.281 e. The van der Waals surface area contributed by atoms with Gasteiger partial charge in [0.1, 0.15) is 0 Å². The fraction of sp³-hybridized carbons (Fsp3) is 0.240. The number of methoxy groups -OCH3 is 3. The van der Waals surface area contributed by atoms with E-state index >= 15 is 0 Å². The average Bonchev–Trinajstić information content (AvgIpc) is 2.84. The van der Waals surface area contributed by atoms with Crippen molar-refractivity contribution in [3.05, 3.63) is 83.9 Å².